The van der Waals surface area contributed by atoms with Crippen LogP contribution >= 0.6 is 0 Å². The van der Waals surface area contributed by atoms with Crippen LogP contribution in [-0.4, -0.2) is 31.1 Å². The van der Waals surface area contributed by atoms with E-state index in [2.05, 4.69) is 5.32 Å². The zero-order chi connectivity index (χ0) is 11.5. The molecule has 1 atom stereocenters. The van der Waals surface area contributed by atoms with E-state index in [-0.39, 0.29) is 5.91 Å². The Balaban J connectivity index is 2.41. The zero-order valence-electron chi connectivity index (χ0n) is 9.21. The number of rotatable bonds is 5. The lowest BCUT2D eigenvalue weighted by molar-refractivity contribution is -0.147. The number of hydrogen-bond acceptors (Lipinski definition) is 4. The molecule has 5 heteroatoms. The highest BCUT2D eigenvalue weighted by molar-refractivity contribution is 5.89. The summed E-state index contributed by atoms with van der Waals surface area (Å²) in [4.78, 5) is 22.9. The Hall–Kier alpha value is -1.10. The summed E-state index contributed by atoms with van der Waals surface area (Å²) in [6.07, 6.45) is 1.62. The largest absolute Gasteiger partial charge is 0.464 e. The lowest BCUT2D eigenvalue weighted by Crippen LogP contribution is -2.45. The van der Waals surface area contributed by atoms with Crippen molar-refractivity contribution in [3.8, 4) is 0 Å². The van der Waals surface area contributed by atoms with Gasteiger partial charge in [-0.05, 0) is 26.7 Å². The van der Waals surface area contributed by atoms with E-state index in [1.54, 1.807) is 13.8 Å². The molecule has 3 N–H and O–H groups in total. The normalized spacial score (nSPS) is 19.1. The lowest BCUT2D eigenvalue weighted by atomic mass is 10.1. The third-order valence-corrected chi connectivity index (χ3v) is 2.71. The van der Waals surface area contributed by atoms with Crippen LogP contribution in [0.25, 0.3) is 0 Å². The second-order valence-corrected chi connectivity index (χ2v) is 3.93. The smallest absolute Gasteiger partial charge is 0.328 e. The molecule has 0 bridgehead atoms. The fraction of sp³-hybridized carbons (Fsp3) is 0.800. The molecule has 15 heavy (non-hydrogen) atoms. The monoisotopic (exact) mass is 214 g/mol. The van der Waals surface area contributed by atoms with Gasteiger partial charge in [-0.2, -0.15) is 0 Å². The Morgan fingerprint density at radius 1 is 1.53 bits per heavy atom. The van der Waals surface area contributed by atoms with E-state index >= 15 is 0 Å². The van der Waals surface area contributed by atoms with Gasteiger partial charge in [0, 0.05) is 6.54 Å². The van der Waals surface area contributed by atoms with Gasteiger partial charge in [-0.25, -0.2) is 4.79 Å². The Morgan fingerprint density at radius 3 is 2.53 bits per heavy atom. The van der Waals surface area contributed by atoms with E-state index in [1.807, 2.05) is 0 Å². The number of esters is 1. The summed E-state index contributed by atoms with van der Waals surface area (Å²) in [5.41, 5.74) is 5.09. The second kappa shape index (κ2) is 4.61. The number of nitrogens with two attached hydrogens (primary N) is 1. The predicted octanol–water partition coefficient (Wildman–Crippen LogP) is -0.207. The van der Waals surface area contributed by atoms with Crippen LogP contribution in [-0.2, 0) is 14.3 Å². The van der Waals surface area contributed by atoms with Gasteiger partial charge < -0.3 is 15.8 Å². The molecule has 1 saturated carbocycles. The number of ether oxygens (including phenoxy) is 1. The van der Waals surface area contributed by atoms with E-state index < -0.39 is 17.4 Å². The summed E-state index contributed by atoms with van der Waals surface area (Å²) in [5.74, 6) is -0.538. The van der Waals surface area contributed by atoms with E-state index in [0.29, 0.717) is 13.2 Å². The average molecular weight is 214 g/mol. The molecule has 5 nitrogen and oxygen atoms in total. The molecule has 1 fully saturated rings. The van der Waals surface area contributed by atoms with Gasteiger partial charge in [0.2, 0.25) is 5.91 Å². The fourth-order valence-corrected chi connectivity index (χ4v) is 1.35. The van der Waals surface area contributed by atoms with E-state index in [4.69, 9.17) is 10.5 Å². The van der Waals surface area contributed by atoms with Gasteiger partial charge in [0.05, 0.1) is 12.0 Å². The summed E-state index contributed by atoms with van der Waals surface area (Å²) >= 11 is 0. The van der Waals surface area contributed by atoms with Crippen LogP contribution in [0.5, 0.6) is 0 Å². The third kappa shape index (κ3) is 2.68. The minimum absolute atomic E-state index is 0.134. The number of amides is 1. The SMILES string of the molecule is CCOC(=O)C(C)NC(=O)C1(CN)CC1. The Kier molecular flexibility index (Phi) is 3.68. The highest BCUT2D eigenvalue weighted by Crippen LogP contribution is 2.44. The molecular weight excluding hydrogens is 196 g/mol. The zero-order valence-corrected chi connectivity index (χ0v) is 9.21. The molecule has 0 aliphatic heterocycles. The molecular formula is C10H18N2O3. The maximum absolute atomic E-state index is 11.7. The van der Waals surface area contributed by atoms with Crippen LogP contribution in [0.15, 0.2) is 0 Å². The fourth-order valence-electron chi connectivity index (χ4n) is 1.35. The van der Waals surface area contributed by atoms with Gasteiger partial charge in [0.15, 0.2) is 0 Å². The van der Waals surface area contributed by atoms with Crippen molar-refractivity contribution < 1.29 is 14.3 Å². The summed E-state index contributed by atoms with van der Waals surface area (Å²) in [7, 11) is 0. The van der Waals surface area contributed by atoms with Crippen LogP contribution in [0.4, 0.5) is 0 Å². The van der Waals surface area contributed by atoms with Crippen LogP contribution in [0.2, 0.25) is 0 Å². The summed E-state index contributed by atoms with van der Waals surface area (Å²) in [5, 5.41) is 2.62. The lowest BCUT2D eigenvalue weighted by Gasteiger charge is -2.17. The number of nitrogens with one attached hydrogen (secondary N) is 1. The number of hydrogen-bond donors (Lipinski definition) is 2. The van der Waals surface area contributed by atoms with Gasteiger partial charge in [0.1, 0.15) is 6.04 Å². The molecule has 1 aliphatic rings. The Morgan fingerprint density at radius 2 is 2.13 bits per heavy atom. The molecule has 0 saturated heterocycles. The molecule has 1 amide bonds. The first kappa shape index (κ1) is 12.0. The van der Waals surface area contributed by atoms with Crippen LogP contribution in [0, 0.1) is 5.41 Å². The van der Waals surface area contributed by atoms with Crippen molar-refractivity contribution in [3.63, 3.8) is 0 Å². The summed E-state index contributed by atoms with van der Waals surface area (Å²) in [6, 6.07) is -0.596. The summed E-state index contributed by atoms with van der Waals surface area (Å²) in [6.45, 7) is 4.01. The van der Waals surface area contributed by atoms with E-state index in [9.17, 15) is 9.59 Å². The molecule has 0 radical (unpaired) electrons. The highest BCUT2D eigenvalue weighted by atomic mass is 16.5. The Bertz CT molecular complexity index is 261. The van der Waals surface area contributed by atoms with Gasteiger partial charge in [-0.15, -0.1) is 0 Å². The topological polar surface area (TPSA) is 81.4 Å². The van der Waals surface area contributed by atoms with Gasteiger partial charge in [-0.1, -0.05) is 0 Å². The van der Waals surface area contributed by atoms with E-state index in [0.717, 1.165) is 12.8 Å². The Labute approximate surface area is 89.3 Å². The molecule has 0 aromatic carbocycles. The first-order valence-electron chi connectivity index (χ1n) is 5.23. The predicted molar refractivity (Wildman–Crippen MR) is 55.0 cm³/mol. The standard InChI is InChI=1S/C10H18N2O3/c1-3-15-8(13)7(2)12-9(14)10(6-11)4-5-10/h7H,3-6,11H2,1-2H3,(H,12,14). The first-order valence-corrected chi connectivity index (χ1v) is 5.23. The minimum atomic E-state index is -0.596. The van der Waals surface area contributed by atoms with Crippen molar-refractivity contribution in [3.05, 3.63) is 0 Å². The van der Waals surface area contributed by atoms with Crippen molar-refractivity contribution in [2.45, 2.75) is 32.7 Å². The van der Waals surface area contributed by atoms with Crippen LogP contribution in [0.1, 0.15) is 26.7 Å². The van der Waals surface area contributed by atoms with Crippen molar-refractivity contribution in [1.29, 1.82) is 0 Å². The molecule has 0 aromatic heterocycles. The average Bonchev–Trinajstić information content (AvgIpc) is 2.98. The van der Waals surface area contributed by atoms with Crippen molar-refractivity contribution in [2.75, 3.05) is 13.2 Å². The van der Waals surface area contributed by atoms with E-state index in [1.165, 1.54) is 0 Å². The van der Waals surface area contributed by atoms with Crippen molar-refractivity contribution in [1.82, 2.24) is 5.32 Å². The minimum Gasteiger partial charge on any atom is -0.464 e. The maximum atomic E-state index is 11.7. The maximum Gasteiger partial charge on any atom is 0.328 e. The molecule has 0 aromatic rings. The van der Waals surface area contributed by atoms with Crippen LogP contribution < -0.4 is 11.1 Å². The van der Waals surface area contributed by atoms with Gasteiger partial charge >= 0.3 is 5.97 Å². The second-order valence-electron chi connectivity index (χ2n) is 3.93. The van der Waals surface area contributed by atoms with Gasteiger partial charge in [0.25, 0.3) is 0 Å². The third-order valence-electron chi connectivity index (χ3n) is 2.71. The highest BCUT2D eigenvalue weighted by Gasteiger charge is 2.49. The van der Waals surface area contributed by atoms with Crippen molar-refractivity contribution in [2.24, 2.45) is 11.1 Å². The van der Waals surface area contributed by atoms with Crippen molar-refractivity contribution >= 4 is 11.9 Å². The summed E-state index contributed by atoms with van der Waals surface area (Å²) < 4.78 is 4.79. The number of carbonyl (C=O) groups excluding carboxylic acids is 2. The quantitative estimate of drug-likeness (QED) is 0.621. The molecule has 0 spiro atoms. The molecule has 1 aliphatic carbocycles. The molecule has 0 heterocycles. The number of carbonyl (C=O) groups is 2. The molecule has 1 unspecified atom stereocenters. The molecule has 86 valence electrons. The molecule has 1 rings (SSSR count). The first-order chi connectivity index (χ1) is 7.05. The van der Waals surface area contributed by atoms with Gasteiger partial charge in [-0.3, -0.25) is 4.79 Å². The van der Waals surface area contributed by atoms with Crippen LogP contribution in [0.3, 0.4) is 0 Å².